The predicted molar refractivity (Wildman–Crippen MR) is 237 cm³/mol. The van der Waals surface area contributed by atoms with Crippen LogP contribution in [0.15, 0.2) is 192 Å². The summed E-state index contributed by atoms with van der Waals surface area (Å²) < 4.78 is 6.47. The van der Waals surface area contributed by atoms with Gasteiger partial charge in [0.2, 0.25) is 0 Å². The molecule has 58 heavy (non-hydrogen) atoms. The highest BCUT2D eigenvalue weighted by molar-refractivity contribution is 6.12. The van der Waals surface area contributed by atoms with Crippen molar-refractivity contribution in [1.29, 1.82) is 0 Å². The van der Waals surface area contributed by atoms with Crippen LogP contribution in [0, 0.1) is 0 Å². The Hall–Kier alpha value is -7.43. The third kappa shape index (κ3) is 5.64. The fourth-order valence-electron chi connectivity index (χ4n) is 8.74. The molecule has 0 atom stereocenters. The Morgan fingerprint density at radius 1 is 0.345 bits per heavy atom. The van der Waals surface area contributed by atoms with E-state index in [1.54, 1.807) is 0 Å². The fourth-order valence-corrected chi connectivity index (χ4v) is 8.74. The molecule has 1 aliphatic carbocycles. The number of aromatic nitrogens is 3. The SMILES string of the molecule is CC1(C)c2ccccc2-c2ccc(-c3cccc(-c4nc(-c5ccccc5)nc(-c5cccc6oc7ccc(-c8ccc(-c9ccccc9)cc8)cc7c56)n4)c3)cc21. The van der Waals surface area contributed by atoms with Gasteiger partial charge in [0.05, 0.1) is 0 Å². The molecule has 0 N–H and O–H groups in total. The highest BCUT2D eigenvalue weighted by atomic mass is 16.3. The summed E-state index contributed by atoms with van der Waals surface area (Å²) in [4.78, 5) is 15.5. The summed E-state index contributed by atoms with van der Waals surface area (Å²) in [5.41, 5.74) is 16.5. The molecule has 0 saturated heterocycles. The Morgan fingerprint density at radius 3 is 1.66 bits per heavy atom. The van der Waals surface area contributed by atoms with Gasteiger partial charge in [-0.15, -0.1) is 0 Å². The zero-order valence-corrected chi connectivity index (χ0v) is 32.1. The van der Waals surface area contributed by atoms with Gasteiger partial charge in [0.25, 0.3) is 0 Å². The number of nitrogens with zero attached hydrogens (tertiary/aromatic N) is 3. The number of rotatable bonds is 6. The van der Waals surface area contributed by atoms with E-state index in [9.17, 15) is 0 Å². The van der Waals surface area contributed by atoms with Gasteiger partial charge in [-0.1, -0.05) is 172 Å². The highest BCUT2D eigenvalue weighted by Gasteiger charge is 2.35. The molecule has 274 valence electrons. The van der Waals surface area contributed by atoms with Crippen LogP contribution in [0.25, 0.3) is 101 Å². The van der Waals surface area contributed by atoms with Crippen LogP contribution in [0.1, 0.15) is 25.0 Å². The Balaban J connectivity index is 1.03. The molecule has 1 aliphatic rings. The molecule has 0 amide bonds. The maximum atomic E-state index is 6.47. The summed E-state index contributed by atoms with van der Waals surface area (Å²) in [5, 5.41) is 1.99. The lowest BCUT2D eigenvalue weighted by Gasteiger charge is -2.22. The topological polar surface area (TPSA) is 51.8 Å². The maximum Gasteiger partial charge on any atom is 0.164 e. The van der Waals surface area contributed by atoms with Gasteiger partial charge in [-0.05, 0) is 86.0 Å². The second-order valence-corrected chi connectivity index (χ2v) is 15.6. The van der Waals surface area contributed by atoms with E-state index in [-0.39, 0.29) is 5.41 Å². The number of furan rings is 1. The minimum absolute atomic E-state index is 0.0840. The molecule has 10 aromatic rings. The molecule has 0 radical (unpaired) electrons. The van der Waals surface area contributed by atoms with Gasteiger partial charge < -0.3 is 4.42 Å². The normalized spacial score (nSPS) is 12.8. The third-order valence-electron chi connectivity index (χ3n) is 11.8. The van der Waals surface area contributed by atoms with E-state index in [1.807, 2.05) is 48.5 Å². The van der Waals surface area contributed by atoms with Crippen molar-refractivity contribution in [3.63, 3.8) is 0 Å². The summed E-state index contributed by atoms with van der Waals surface area (Å²) in [6.45, 7) is 4.65. The Bertz CT molecular complexity index is 3180. The van der Waals surface area contributed by atoms with Gasteiger partial charge in [-0.2, -0.15) is 0 Å². The zero-order valence-electron chi connectivity index (χ0n) is 32.1. The van der Waals surface area contributed by atoms with E-state index in [2.05, 4.69) is 153 Å². The maximum absolute atomic E-state index is 6.47. The quantitative estimate of drug-likeness (QED) is 0.170. The molecule has 4 heteroatoms. The first-order valence-electron chi connectivity index (χ1n) is 19.8. The molecule has 0 spiro atoms. The number of hydrogen-bond acceptors (Lipinski definition) is 4. The second-order valence-electron chi connectivity index (χ2n) is 15.6. The standard InChI is InChI=1S/C54H37N3O/c1-54(2)46-21-10-9-19-42(46)43-29-27-40(33-47(43)54)38-17-11-18-41(31-38)52-55-51(37-15-7-4-8-16-37)56-53(57-52)44-20-12-22-49-50(44)45-32-39(28-30-48(45)58-49)36-25-23-35(24-26-36)34-13-5-3-6-14-34/h3-33H,1-2H3. The van der Waals surface area contributed by atoms with E-state index in [0.717, 1.165) is 55.3 Å². The minimum atomic E-state index is -0.0840. The van der Waals surface area contributed by atoms with Crippen molar-refractivity contribution >= 4 is 21.9 Å². The average molecular weight is 744 g/mol. The van der Waals surface area contributed by atoms with Gasteiger partial charge in [-0.25, -0.2) is 15.0 Å². The fraction of sp³-hybridized carbons (Fsp3) is 0.0556. The summed E-state index contributed by atoms with van der Waals surface area (Å²) in [7, 11) is 0. The van der Waals surface area contributed by atoms with Crippen LogP contribution in [0.2, 0.25) is 0 Å². The van der Waals surface area contributed by atoms with Crippen molar-refractivity contribution < 1.29 is 4.42 Å². The van der Waals surface area contributed by atoms with Crippen molar-refractivity contribution in [3.8, 4) is 78.7 Å². The van der Waals surface area contributed by atoms with Gasteiger partial charge >= 0.3 is 0 Å². The van der Waals surface area contributed by atoms with Gasteiger partial charge in [0, 0.05) is 32.9 Å². The van der Waals surface area contributed by atoms with E-state index >= 15 is 0 Å². The molecule has 11 rings (SSSR count). The van der Waals surface area contributed by atoms with E-state index in [4.69, 9.17) is 19.4 Å². The van der Waals surface area contributed by atoms with Crippen LogP contribution in [0.3, 0.4) is 0 Å². The van der Waals surface area contributed by atoms with Crippen LogP contribution in [0.5, 0.6) is 0 Å². The Morgan fingerprint density at radius 2 is 0.862 bits per heavy atom. The summed E-state index contributed by atoms with van der Waals surface area (Å²) in [5.74, 6) is 1.83. The lowest BCUT2D eigenvalue weighted by molar-refractivity contribution is 0.660. The van der Waals surface area contributed by atoms with Crippen molar-refractivity contribution in [2.75, 3.05) is 0 Å². The van der Waals surface area contributed by atoms with E-state index in [1.165, 1.54) is 38.9 Å². The summed E-state index contributed by atoms with van der Waals surface area (Å²) >= 11 is 0. The second kappa shape index (κ2) is 13.4. The van der Waals surface area contributed by atoms with Crippen LogP contribution in [0.4, 0.5) is 0 Å². The lowest BCUT2D eigenvalue weighted by atomic mass is 9.81. The molecule has 2 heterocycles. The average Bonchev–Trinajstić information content (AvgIpc) is 3.78. The summed E-state index contributed by atoms with van der Waals surface area (Å²) in [6, 6.07) is 66.1. The van der Waals surface area contributed by atoms with Gasteiger partial charge in [0.15, 0.2) is 17.5 Å². The number of benzene rings is 8. The molecular weight excluding hydrogens is 707 g/mol. The molecule has 0 unspecified atom stereocenters. The Labute approximate surface area is 337 Å². The number of fused-ring (bicyclic) bond motifs is 6. The molecule has 4 nitrogen and oxygen atoms in total. The molecular formula is C54H37N3O. The third-order valence-corrected chi connectivity index (χ3v) is 11.8. The smallest absolute Gasteiger partial charge is 0.164 e. The van der Waals surface area contributed by atoms with Crippen molar-refractivity contribution in [3.05, 3.63) is 199 Å². The van der Waals surface area contributed by atoms with Crippen LogP contribution in [-0.2, 0) is 5.41 Å². The van der Waals surface area contributed by atoms with Crippen LogP contribution >= 0.6 is 0 Å². The number of hydrogen-bond donors (Lipinski definition) is 0. The first kappa shape index (κ1) is 33.9. The molecule has 2 aromatic heterocycles. The monoisotopic (exact) mass is 743 g/mol. The van der Waals surface area contributed by atoms with Crippen molar-refractivity contribution in [2.24, 2.45) is 0 Å². The van der Waals surface area contributed by atoms with Crippen LogP contribution in [-0.4, -0.2) is 15.0 Å². The predicted octanol–water partition coefficient (Wildman–Crippen LogP) is 14.1. The van der Waals surface area contributed by atoms with Gasteiger partial charge in [0.1, 0.15) is 11.2 Å². The molecule has 0 saturated carbocycles. The Kier molecular flexibility index (Phi) is 7.80. The van der Waals surface area contributed by atoms with Gasteiger partial charge in [-0.3, -0.25) is 0 Å². The van der Waals surface area contributed by atoms with Crippen molar-refractivity contribution in [2.45, 2.75) is 19.3 Å². The molecule has 0 fully saturated rings. The zero-order chi connectivity index (χ0) is 38.8. The largest absolute Gasteiger partial charge is 0.456 e. The first-order valence-corrected chi connectivity index (χ1v) is 19.8. The van der Waals surface area contributed by atoms with Crippen LogP contribution < -0.4 is 0 Å². The van der Waals surface area contributed by atoms with E-state index < -0.39 is 0 Å². The molecule has 0 aliphatic heterocycles. The van der Waals surface area contributed by atoms with E-state index in [0.29, 0.717) is 17.5 Å². The summed E-state index contributed by atoms with van der Waals surface area (Å²) in [6.07, 6.45) is 0. The highest BCUT2D eigenvalue weighted by Crippen LogP contribution is 2.49. The molecule has 8 aromatic carbocycles. The van der Waals surface area contributed by atoms with Crippen molar-refractivity contribution in [1.82, 2.24) is 15.0 Å². The molecule has 0 bridgehead atoms. The lowest BCUT2D eigenvalue weighted by Crippen LogP contribution is -2.14. The minimum Gasteiger partial charge on any atom is -0.456 e. The first-order chi connectivity index (χ1) is 28.5.